The van der Waals surface area contributed by atoms with Gasteiger partial charge in [0, 0.05) is 50.3 Å². The first-order valence-electron chi connectivity index (χ1n) is 13.2. The van der Waals surface area contributed by atoms with E-state index in [2.05, 4.69) is 73.2 Å². The van der Waals surface area contributed by atoms with Crippen LogP contribution >= 0.6 is 0 Å². The van der Waals surface area contributed by atoms with E-state index in [1.807, 2.05) is 18.4 Å². The fraction of sp³-hybridized carbons (Fsp3) is 0.567. The van der Waals surface area contributed by atoms with Crippen LogP contribution in [0.2, 0.25) is 0 Å². The average molecular weight is 463 g/mol. The van der Waals surface area contributed by atoms with Crippen molar-refractivity contribution in [1.82, 2.24) is 5.32 Å². The smallest absolute Gasteiger partial charge is 0.118 e. The van der Waals surface area contributed by atoms with Crippen LogP contribution in [0.3, 0.4) is 0 Å². The summed E-state index contributed by atoms with van der Waals surface area (Å²) in [5.74, 6) is 1.52. The Morgan fingerprint density at radius 1 is 1.15 bits per heavy atom. The summed E-state index contributed by atoms with van der Waals surface area (Å²) in [6.07, 6.45) is 15.9. The van der Waals surface area contributed by atoms with Gasteiger partial charge >= 0.3 is 0 Å². The molecule has 1 aliphatic carbocycles. The molecule has 34 heavy (non-hydrogen) atoms. The first kappa shape index (κ1) is 26.1. The fourth-order valence-electron chi connectivity index (χ4n) is 5.35. The standard InChI is InChI=1S/C30H46N4/c1-7-17-33(6)30-22-29(34-18-9-8-10-19-34)21-27(24(30)4)20-26-11-13-28(14-12-26)32-25(5)31-16-15-23(2)3/h7,15-16,21-22,26,28,32H,1,5,8-14,17-20H2,2-4,6H3. The zero-order valence-corrected chi connectivity index (χ0v) is 22.1. The molecule has 0 unspecified atom stereocenters. The summed E-state index contributed by atoms with van der Waals surface area (Å²) in [6.45, 7) is 17.8. The van der Waals surface area contributed by atoms with Crippen molar-refractivity contribution in [2.45, 2.75) is 78.2 Å². The minimum atomic E-state index is 0.489. The molecule has 0 spiro atoms. The van der Waals surface area contributed by atoms with Crippen LogP contribution in [-0.2, 0) is 6.42 Å². The van der Waals surface area contributed by atoms with E-state index in [1.165, 1.54) is 92.5 Å². The molecule has 0 amide bonds. The first-order chi connectivity index (χ1) is 16.4. The van der Waals surface area contributed by atoms with Gasteiger partial charge in [0.1, 0.15) is 5.82 Å². The van der Waals surface area contributed by atoms with Gasteiger partial charge in [-0.1, -0.05) is 18.2 Å². The molecule has 0 radical (unpaired) electrons. The SMILES string of the molecule is C=CCN(C)c1cc(N2CCCCC2)cc(CC2CCC(NC(=C)N=CC=C(C)C)CC2)c1C. The fourth-order valence-corrected chi connectivity index (χ4v) is 5.35. The van der Waals surface area contributed by atoms with Crippen LogP contribution in [0.5, 0.6) is 0 Å². The lowest BCUT2D eigenvalue weighted by atomic mass is 9.81. The topological polar surface area (TPSA) is 30.9 Å². The van der Waals surface area contributed by atoms with Gasteiger partial charge in [0.25, 0.3) is 0 Å². The molecule has 2 fully saturated rings. The normalized spacial score (nSPS) is 20.8. The number of hydrogen-bond acceptors (Lipinski definition) is 4. The summed E-state index contributed by atoms with van der Waals surface area (Å²) in [6, 6.07) is 5.40. The Balaban J connectivity index is 1.66. The molecule has 1 aromatic rings. The summed E-state index contributed by atoms with van der Waals surface area (Å²) in [5, 5.41) is 3.53. The lowest BCUT2D eigenvalue weighted by Gasteiger charge is -2.33. The molecule has 1 heterocycles. The Hall–Kier alpha value is -2.49. The molecular weight excluding hydrogens is 416 g/mol. The maximum absolute atomic E-state index is 4.43. The van der Waals surface area contributed by atoms with Crippen molar-refractivity contribution < 1.29 is 0 Å². The largest absolute Gasteiger partial charge is 0.371 e. The summed E-state index contributed by atoms with van der Waals surface area (Å²) >= 11 is 0. The number of rotatable bonds is 10. The van der Waals surface area contributed by atoms with E-state index in [9.17, 15) is 0 Å². The number of anilines is 2. The van der Waals surface area contributed by atoms with E-state index >= 15 is 0 Å². The minimum absolute atomic E-state index is 0.489. The van der Waals surface area contributed by atoms with Crippen molar-refractivity contribution >= 4 is 17.6 Å². The Labute approximate surface area is 208 Å². The number of aliphatic imine (C=N–C) groups is 1. The van der Waals surface area contributed by atoms with Gasteiger partial charge in [0.15, 0.2) is 0 Å². The summed E-state index contributed by atoms with van der Waals surface area (Å²) in [4.78, 5) is 9.37. The van der Waals surface area contributed by atoms with Gasteiger partial charge in [0.05, 0.1) is 0 Å². The predicted molar refractivity (Wildman–Crippen MR) is 150 cm³/mol. The highest BCUT2D eigenvalue weighted by molar-refractivity contribution is 5.72. The van der Waals surface area contributed by atoms with E-state index in [4.69, 9.17) is 0 Å². The zero-order chi connectivity index (χ0) is 24.5. The van der Waals surface area contributed by atoms with Gasteiger partial charge in [-0.3, -0.25) is 0 Å². The highest BCUT2D eigenvalue weighted by Crippen LogP contribution is 2.35. The Kier molecular flexibility index (Phi) is 9.86. The second-order valence-electron chi connectivity index (χ2n) is 10.5. The number of likely N-dealkylation sites (N-methyl/N-ethyl adjacent to an activating group) is 1. The van der Waals surface area contributed by atoms with Crippen LogP contribution in [0.1, 0.15) is 69.9 Å². The second-order valence-corrected chi connectivity index (χ2v) is 10.5. The predicted octanol–water partition coefficient (Wildman–Crippen LogP) is 6.81. The molecule has 1 aromatic carbocycles. The lowest BCUT2D eigenvalue weighted by molar-refractivity contribution is 0.301. The van der Waals surface area contributed by atoms with E-state index in [0.717, 1.165) is 18.3 Å². The van der Waals surface area contributed by atoms with Crippen molar-refractivity contribution in [3.8, 4) is 0 Å². The molecule has 0 bridgehead atoms. The van der Waals surface area contributed by atoms with Gasteiger partial charge in [-0.25, -0.2) is 4.99 Å². The third-order valence-corrected chi connectivity index (χ3v) is 7.37. The maximum atomic E-state index is 4.43. The van der Waals surface area contributed by atoms with Gasteiger partial charge in [-0.2, -0.15) is 0 Å². The monoisotopic (exact) mass is 462 g/mol. The third kappa shape index (κ3) is 7.51. The van der Waals surface area contributed by atoms with E-state index < -0.39 is 0 Å². The summed E-state index contributed by atoms with van der Waals surface area (Å²) in [7, 11) is 2.19. The third-order valence-electron chi connectivity index (χ3n) is 7.37. The number of allylic oxidation sites excluding steroid dienone is 2. The number of piperidine rings is 1. The number of hydrogen-bond donors (Lipinski definition) is 1. The molecule has 1 N–H and O–H groups in total. The van der Waals surface area contributed by atoms with E-state index in [-0.39, 0.29) is 0 Å². The number of nitrogens with one attached hydrogen (secondary N) is 1. The molecule has 1 saturated heterocycles. The number of nitrogens with zero attached hydrogens (tertiary/aromatic N) is 3. The van der Waals surface area contributed by atoms with Crippen molar-refractivity contribution in [2.75, 3.05) is 36.5 Å². The van der Waals surface area contributed by atoms with E-state index in [0.29, 0.717) is 6.04 Å². The number of benzene rings is 1. The average Bonchev–Trinajstić information content (AvgIpc) is 2.82. The molecule has 3 rings (SSSR count). The van der Waals surface area contributed by atoms with Crippen molar-refractivity contribution in [1.29, 1.82) is 0 Å². The molecular formula is C30H46N4. The molecule has 186 valence electrons. The van der Waals surface area contributed by atoms with Crippen LogP contribution in [0.25, 0.3) is 0 Å². The first-order valence-corrected chi connectivity index (χ1v) is 13.2. The second kappa shape index (κ2) is 12.8. The molecule has 0 aromatic heterocycles. The van der Waals surface area contributed by atoms with Crippen molar-refractivity contribution in [3.05, 3.63) is 60.0 Å². The molecule has 4 nitrogen and oxygen atoms in total. The van der Waals surface area contributed by atoms with Gasteiger partial charge in [0.2, 0.25) is 0 Å². The summed E-state index contributed by atoms with van der Waals surface area (Å²) in [5.41, 5.74) is 6.98. The summed E-state index contributed by atoms with van der Waals surface area (Å²) < 4.78 is 0. The van der Waals surface area contributed by atoms with Crippen molar-refractivity contribution in [3.63, 3.8) is 0 Å². The highest BCUT2D eigenvalue weighted by Gasteiger charge is 2.24. The van der Waals surface area contributed by atoms with Crippen LogP contribution in [0, 0.1) is 12.8 Å². The highest BCUT2D eigenvalue weighted by atomic mass is 15.1. The van der Waals surface area contributed by atoms with Crippen LogP contribution in [0.15, 0.2) is 53.8 Å². The molecule has 1 saturated carbocycles. The van der Waals surface area contributed by atoms with E-state index in [1.54, 1.807) is 0 Å². The Bertz CT molecular complexity index is 879. The zero-order valence-electron chi connectivity index (χ0n) is 22.1. The van der Waals surface area contributed by atoms with Crippen LogP contribution < -0.4 is 15.1 Å². The van der Waals surface area contributed by atoms with Crippen LogP contribution in [-0.4, -0.2) is 38.9 Å². The molecule has 1 aliphatic heterocycles. The maximum Gasteiger partial charge on any atom is 0.118 e. The van der Waals surface area contributed by atoms with Gasteiger partial charge in [-0.05, 0) is 107 Å². The van der Waals surface area contributed by atoms with Gasteiger partial charge < -0.3 is 15.1 Å². The van der Waals surface area contributed by atoms with Crippen LogP contribution in [0.4, 0.5) is 11.4 Å². The lowest BCUT2D eigenvalue weighted by Crippen LogP contribution is -2.32. The van der Waals surface area contributed by atoms with Gasteiger partial charge in [-0.15, -0.1) is 6.58 Å². The minimum Gasteiger partial charge on any atom is -0.371 e. The quantitative estimate of drug-likeness (QED) is 0.306. The van der Waals surface area contributed by atoms with Crippen molar-refractivity contribution in [2.24, 2.45) is 10.9 Å². The molecule has 4 heteroatoms. The molecule has 0 atom stereocenters. The Morgan fingerprint density at radius 3 is 2.50 bits per heavy atom. The molecule has 2 aliphatic rings. The Morgan fingerprint density at radius 2 is 1.85 bits per heavy atom.